The van der Waals surface area contributed by atoms with Crippen molar-refractivity contribution < 1.29 is 14.6 Å². The van der Waals surface area contributed by atoms with Gasteiger partial charge < -0.3 is 15.2 Å². The number of rotatable bonds is 6. The third kappa shape index (κ3) is 5.09. The van der Waals surface area contributed by atoms with Crippen LogP contribution in [0.1, 0.15) is 19.8 Å². The molecule has 4 heteroatoms. The predicted octanol–water partition coefficient (Wildman–Crippen LogP) is -0.0900. The van der Waals surface area contributed by atoms with Crippen LogP contribution in [0.2, 0.25) is 0 Å². The van der Waals surface area contributed by atoms with E-state index < -0.39 is 0 Å². The van der Waals surface area contributed by atoms with Gasteiger partial charge in [0.15, 0.2) is 0 Å². The lowest BCUT2D eigenvalue weighted by Gasteiger charge is -2.10. The van der Waals surface area contributed by atoms with Gasteiger partial charge in [0.25, 0.3) is 0 Å². The number of hydrogen-bond acceptors (Lipinski definition) is 4. The van der Waals surface area contributed by atoms with Gasteiger partial charge in [0.1, 0.15) is 6.04 Å². The van der Waals surface area contributed by atoms with Crippen LogP contribution < -0.4 is 5.32 Å². The molecule has 0 aromatic heterocycles. The van der Waals surface area contributed by atoms with E-state index in [1.54, 1.807) is 6.92 Å². The Hall–Kier alpha value is -0.610. The number of aliphatic hydroxyl groups is 1. The zero-order chi connectivity index (χ0) is 9.40. The molecule has 1 unspecified atom stereocenters. The first kappa shape index (κ1) is 11.4. The summed E-state index contributed by atoms with van der Waals surface area (Å²) in [6.07, 6.45) is 1.64. The molecule has 0 radical (unpaired) electrons. The topological polar surface area (TPSA) is 58.6 Å². The Labute approximate surface area is 72.9 Å². The number of esters is 1. The smallest absolute Gasteiger partial charge is 0.322 e. The van der Waals surface area contributed by atoms with E-state index in [4.69, 9.17) is 5.11 Å². The van der Waals surface area contributed by atoms with Gasteiger partial charge in [-0.15, -0.1) is 0 Å². The summed E-state index contributed by atoms with van der Waals surface area (Å²) in [6.45, 7) is 2.69. The molecule has 0 heterocycles. The van der Waals surface area contributed by atoms with Gasteiger partial charge in [-0.3, -0.25) is 4.79 Å². The first-order chi connectivity index (χ1) is 5.72. The molecule has 0 aliphatic rings. The molecule has 2 N–H and O–H groups in total. The van der Waals surface area contributed by atoms with Crippen molar-refractivity contribution in [2.75, 3.05) is 20.3 Å². The van der Waals surface area contributed by atoms with Gasteiger partial charge in [-0.1, -0.05) is 0 Å². The molecule has 1 atom stereocenters. The molecule has 0 spiro atoms. The van der Waals surface area contributed by atoms with Crippen molar-refractivity contribution in [3.05, 3.63) is 0 Å². The number of ether oxygens (including phenoxy) is 1. The highest BCUT2D eigenvalue weighted by Gasteiger charge is 2.10. The van der Waals surface area contributed by atoms with Gasteiger partial charge in [-0.2, -0.15) is 0 Å². The van der Waals surface area contributed by atoms with E-state index in [0.29, 0.717) is 0 Å². The molecule has 0 aliphatic heterocycles. The molecule has 0 saturated carbocycles. The number of methoxy groups -OCH3 is 1. The quantitative estimate of drug-likeness (QED) is 0.437. The number of nitrogens with one attached hydrogen (secondary N) is 1. The summed E-state index contributed by atoms with van der Waals surface area (Å²) in [6, 6.07) is -0.256. The maximum atomic E-state index is 10.8. The van der Waals surface area contributed by atoms with E-state index in [-0.39, 0.29) is 18.6 Å². The summed E-state index contributed by atoms with van der Waals surface area (Å²) >= 11 is 0. The van der Waals surface area contributed by atoms with E-state index in [9.17, 15) is 4.79 Å². The second kappa shape index (κ2) is 7.06. The highest BCUT2D eigenvalue weighted by atomic mass is 16.5. The average molecular weight is 175 g/mol. The minimum Gasteiger partial charge on any atom is -0.468 e. The van der Waals surface area contributed by atoms with Crippen LogP contribution in [-0.4, -0.2) is 37.4 Å². The van der Waals surface area contributed by atoms with Crippen LogP contribution >= 0.6 is 0 Å². The Balaban J connectivity index is 3.31. The zero-order valence-corrected chi connectivity index (χ0v) is 7.67. The molecule has 0 bridgehead atoms. The molecular formula is C8H17NO3. The van der Waals surface area contributed by atoms with Crippen molar-refractivity contribution in [2.45, 2.75) is 25.8 Å². The Morgan fingerprint density at radius 1 is 1.58 bits per heavy atom. The van der Waals surface area contributed by atoms with Gasteiger partial charge in [-0.05, 0) is 26.3 Å². The van der Waals surface area contributed by atoms with Gasteiger partial charge >= 0.3 is 5.97 Å². The average Bonchev–Trinajstić information content (AvgIpc) is 2.10. The second-order valence-corrected chi connectivity index (χ2v) is 2.63. The lowest BCUT2D eigenvalue weighted by atomic mass is 10.3. The summed E-state index contributed by atoms with van der Waals surface area (Å²) in [5, 5.41) is 11.4. The molecule has 0 rings (SSSR count). The Morgan fingerprint density at radius 2 is 2.25 bits per heavy atom. The second-order valence-electron chi connectivity index (χ2n) is 2.63. The summed E-state index contributed by atoms with van der Waals surface area (Å²) in [4.78, 5) is 10.8. The molecule has 0 aliphatic carbocycles. The van der Waals surface area contributed by atoms with Crippen molar-refractivity contribution in [2.24, 2.45) is 0 Å². The summed E-state index contributed by atoms with van der Waals surface area (Å²) in [5.74, 6) is -0.251. The SMILES string of the molecule is COC(=O)C(C)NCCCCO. The minimum atomic E-state index is -0.256. The van der Waals surface area contributed by atoms with Crippen molar-refractivity contribution in [1.29, 1.82) is 0 Å². The van der Waals surface area contributed by atoms with Crippen LogP contribution in [0.4, 0.5) is 0 Å². The minimum absolute atomic E-state index is 0.203. The molecule has 0 aromatic carbocycles. The van der Waals surface area contributed by atoms with Crippen LogP contribution in [0.25, 0.3) is 0 Å². The molecule has 12 heavy (non-hydrogen) atoms. The molecule has 4 nitrogen and oxygen atoms in total. The highest BCUT2D eigenvalue weighted by Crippen LogP contribution is 1.88. The number of carbonyl (C=O) groups is 1. The third-order valence-corrected chi connectivity index (χ3v) is 1.59. The molecule has 0 aromatic rings. The monoisotopic (exact) mass is 175 g/mol. The van der Waals surface area contributed by atoms with Gasteiger partial charge in [0.05, 0.1) is 7.11 Å². The van der Waals surface area contributed by atoms with Crippen molar-refractivity contribution in [3.8, 4) is 0 Å². The number of aliphatic hydroxyl groups excluding tert-OH is 1. The van der Waals surface area contributed by atoms with Gasteiger partial charge in [-0.25, -0.2) is 0 Å². The Morgan fingerprint density at radius 3 is 2.75 bits per heavy atom. The van der Waals surface area contributed by atoms with E-state index in [1.165, 1.54) is 7.11 Å². The fraction of sp³-hybridized carbons (Fsp3) is 0.875. The first-order valence-electron chi connectivity index (χ1n) is 4.14. The maximum Gasteiger partial charge on any atom is 0.322 e. The van der Waals surface area contributed by atoms with Crippen molar-refractivity contribution in [1.82, 2.24) is 5.32 Å². The van der Waals surface area contributed by atoms with Crippen LogP contribution in [0, 0.1) is 0 Å². The standard InChI is InChI=1S/C8H17NO3/c1-7(8(11)12-2)9-5-3-4-6-10/h7,9-10H,3-6H2,1-2H3. The largest absolute Gasteiger partial charge is 0.468 e. The van der Waals surface area contributed by atoms with Crippen LogP contribution in [-0.2, 0) is 9.53 Å². The predicted molar refractivity (Wildman–Crippen MR) is 45.8 cm³/mol. The maximum absolute atomic E-state index is 10.8. The molecule has 0 saturated heterocycles. The van der Waals surface area contributed by atoms with Gasteiger partial charge in [0.2, 0.25) is 0 Å². The van der Waals surface area contributed by atoms with Crippen LogP contribution in [0.15, 0.2) is 0 Å². The third-order valence-electron chi connectivity index (χ3n) is 1.59. The lowest BCUT2D eigenvalue weighted by molar-refractivity contribution is -0.142. The molecular weight excluding hydrogens is 158 g/mol. The summed E-state index contributed by atoms with van der Waals surface area (Å²) < 4.78 is 4.52. The number of hydrogen-bond donors (Lipinski definition) is 2. The van der Waals surface area contributed by atoms with E-state index in [2.05, 4.69) is 10.1 Å². The lowest BCUT2D eigenvalue weighted by Crippen LogP contribution is -2.35. The van der Waals surface area contributed by atoms with Crippen molar-refractivity contribution in [3.63, 3.8) is 0 Å². The summed E-state index contributed by atoms with van der Waals surface area (Å²) in [5.41, 5.74) is 0. The fourth-order valence-corrected chi connectivity index (χ4v) is 0.815. The fourth-order valence-electron chi connectivity index (χ4n) is 0.815. The van der Waals surface area contributed by atoms with E-state index in [0.717, 1.165) is 19.4 Å². The van der Waals surface area contributed by atoms with Crippen LogP contribution in [0.3, 0.4) is 0 Å². The highest BCUT2D eigenvalue weighted by molar-refractivity contribution is 5.74. The number of unbranched alkanes of at least 4 members (excludes halogenated alkanes) is 1. The zero-order valence-electron chi connectivity index (χ0n) is 7.67. The van der Waals surface area contributed by atoms with Crippen LogP contribution in [0.5, 0.6) is 0 Å². The molecule has 0 fully saturated rings. The van der Waals surface area contributed by atoms with E-state index >= 15 is 0 Å². The Kier molecular flexibility index (Phi) is 6.70. The summed E-state index contributed by atoms with van der Waals surface area (Å²) in [7, 11) is 1.37. The van der Waals surface area contributed by atoms with Gasteiger partial charge in [0, 0.05) is 6.61 Å². The normalized spacial score (nSPS) is 12.6. The Bertz CT molecular complexity index is 127. The molecule has 72 valence electrons. The van der Waals surface area contributed by atoms with Crippen molar-refractivity contribution >= 4 is 5.97 Å². The first-order valence-corrected chi connectivity index (χ1v) is 4.14. The van der Waals surface area contributed by atoms with E-state index in [1.807, 2.05) is 0 Å². The molecule has 0 amide bonds. The number of carbonyl (C=O) groups excluding carboxylic acids is 1.